The number of pyridine rings is 1. The van der Waals surface area contributed by atoms with E-state index in [2.05, 4.69) is 44.8 Å². The molecule has 0 unspecified atom stereocenters. The number of aliphatic hydroxyl groups is 1. The quantitative estimate of drug-likeness (QED) is 0.587. The summed E-state index contributed by atoms with van der Waals surface area (Å²) in [5.74, 6) is 0.695. The topological polar surface area (TPSA) is 63.8 Å². The van der Waals surface area contributed by atoms with Crippen molar-refractivity contribution in [3.05, 3.63) is 66.7 Å². The normalized spacial score (nSPS) is 11.9. The highest BCUT2D eigenvalue weighted by Crippen LogP contribution is 2.29. The fraction of sp³-hybridized carbons (Fsp3) is 0.227. The van der Waals surface area contributed by atoms with Gasteiger partial charge in [-0.1, -0.05) is 18.2 Å². The smallest absolute Gasteiger partial charge is 0.161 e. The van der Waals surface area contributed by atoms with Gasteiger partial charge < -0.3 is 9.67 Å². The molecule has 0 aliphatic rings. The number of aromatic nitrogens is 4. The molecule has 0 atom stereocenters. The summed E-state index contributed by atoms with van der Waals surface area (Å²) in [7, 11) is 0. The Balaban J connectivity index is 1.74. The summed E-state index contributed by atoms with van der Waals surface area (Å²) in [6.45, 7) is 6.54. The van der Waals surface area contributed by atoms with E-state index in [0.29, 0.717) is 5.82 Å². The Bertz CT molecular complexity index is 1090. The molecule has 0 fully saturated rings. The molecule has 1 N–H and O–H groups in total. The van der Waals surface area contributed by atoms with E-state index >= 15 is 0 Å². The van der Waals surface area contributed by atoms with Gasteiger partial charge in [0.15, 0.2) is 5.82 Å². The summed E-state index contributed by atoms with van der Waals surface area (Å²) in [4.78, 5) is 13.6. The largest absolute Gasteiger partial charge is 0.386 e. The van der Waals surface area contributed by atoms with E-state index in [0.717, 1.165) is 34.3 Å². The third kappa shape index (κ3) is 3.22. The van der Waals surface area contributed by atoms with Crippen LogP contribution in [-0.4, -0.2) is 24.6 Å². The van der Waals surface area contributed by atoms with Gasteiger partial charge in [-0.25, -0.2) is 9.97 Å². The lowest BCUT2D eigenvalue weighted by atomic mass is 9.98. The summed E-state index contributed by atoms with van der Waals surface area (Å²) in [5, 5.41) is 11.4. The SMILES string of the molecule is CCn1cc(-c2ncc(-c3cc(C(C)(C)O)ccn3)cn2)c2ccccc21. The molecule has 4 rings (SSSR count). The van der Waals surface area contributed by atoms with Crippen molar-refractivity contribution in [2.24, 2.45) is 0 Å². The van der Waals surface area contributed by atoms with Gasteiger partial charge in [0, 0.05) is 53.4 Å². The summed E-state index contributed by atoms with van der Waals surface area (Å²) in [6.07, 6.45) is 7.38. The third-order valence-corrected chi connectivity index (χ3v) is 4.78. The zero-order chi connectivity index (χ0) is 19.0. The lowest BCUT2D eigenvalue weighted by molar-refractivity contribution is 0.0785. The predicted molar refractivity (Wildman–Crippen MR) is 107 cm³/mol. The van der Waals surface area contributed by atoms with Gasteiger partial charge in [-0.05, 0) is 44.5 Å². The van der Waals surface area contributed by atoms with Crippen LogP contribution in [0, 0.1) is 0 Å². The molecular formula is C22H22N4O. The minimum absolute atomic E-state index is 0.695. The molecule has 0 aliphatic heterocycles. The molecule has 0 saturated heterocycles. The number of hydrogen-bond donors (Lipinski definition) is 1. The van der Waals surface area contributed by atoms with Gasteiger partial charge in [0.2, 0.25) is 0 Å². The van der Waals surface area contributed by atoms with Crippen LogP contribution in [0.25, 0.3) is 33.5 Å². The second-order valence-corrected chi connectivity index (χ2v) is 7.13. The molecule has 5 heteroatoms. The zero-order valence-corrected chi connectivity index (χ0v) is 15.7. The Morgan fingerprint density at radius 1 is 1.04 bits per heavy atom. The van der Waals surface area contributed by atoms with Gasteiger partial charge in [-0.3, -0.25) is 4.98 Å². The van der Waals surface area contributed by atoms with E-state index in [-0.39, 0.29) is 0 Å². The fourth-order valence-corrected chi connectivity index (χ4v) is 3.25. The number of benzene rings is 1. The lowest BCUT2D eigenvalue weighted by Gasteiger charge is -2.18. The molecule has 3 heterocycles. The monoisotopic (exact) mass is 358 g/mol. The van der Waals surface area contributed by atoms with E-state index < -0.39 is 5.60 Å². The van der Waals surface area contributed by atoms with Crippen LogP contribution in [0.2, 0.25) is 0 Å². The molecule has 1 aromatic carbocycles. The molecule has 136 valence electrons. The average molecular weight is 358 g/mol. The first-order chi connectivity index (χ1) is 13.0. The second kappa shape index (κ2) is 6.59. The molecule has 0 amide bonds. The zero-order valence-electron chi connectivity index (χ0n) is 15.7. The van der Waals surface area contributed by atoms with Gasteiger partial charge in [-0.2, -0.15) is 0 Å². The molecule has 0 bridgehead atoms. The van der Waals surface area contributed by atoms with Gasteiger partial charge in [0.1, 0.15) is 0 Å². The standard InChI is InChI=1S/C22H22N4O/c1-4-26-14-18(17-7-5-6-8-20(17)26)21-24-12-15(13-25-21)19-11-16(9-10-23-19)22(2,3)27/h5-14,27H,4H2,1-3H3. The highest BCUT2D eigenvalue weighted by Gasteiger charge is 2.17. The average Bonchev–Trinajstić information content (AvgIpc) is 3.06. The van der Waals surface area contributed by atoms with Crippen LogP contribution in [0.3, 0.4) is 0 Å². The number of nitrogens with zero attached hydrogens (tertiary/aromatic N) is 4. The fourth-order valence-electron chi connectivity index (χ4n) is 3.25. The Morgan fingerprint density at radius 2 is 1.78 bits per heavy atom. The van der Waals surface area contributed by atoms with Crippen LogP contribution in [0.5, 0.6) is 0 Å². The molecule has 0 spiro atoms. The first kappa shape index (κ1) is 17.4. The van der Waals surface area contributed by atoms with Gasteiger partial charge in [-0.15, -0.1) is 0 Å². The molecule has 0 aliphatic carbocycles. The summed E-state index contributed by atoms with van der Waals surface area (Å²) in [6, 6.07) is 12.0. The summed E-state index contributed by atoms with van der Waals surface area (Å²) < 4.78 is 2.20. The van der Waals surface area contributed by atoms with E-state index in [1.54, 1.807) is 32.4 Å². The predicted octanol–water partition coefficient (Wildman–Crippen LogP) is 4.41. The lowest BCUT2D eigenvalue weighted by Crippen LogP contribution is -2.15. The van der Waals surface area contributed by atoms with E-state index in [4.69, 9.17) is 0 Å². The third-order valence-electron chi connectivity index (χ3n) is 4.78. The number of aryl methyl sites for hydroxylation is 1. The first-order valence-electron chi connectivity index (χ1n) is 9.07. The van der Waals surface area contributed by atoms with Crippen LogP contribution in [0.1, 0.15) is 26.3 Å². The highest BCUT2D eigenvalue weighted by atomic mass is 16.3. The van der Waals surface area contributed by atoms with E-state index in [1.807, 2.05) is 24.3 Å². The van der Waals surface area contributed by atoms with Crippen molar-refractivity contribution >= 4 is 10.9 Å². The van der Waals surface area contributed by atoms with Gasteiger partial charge in [0.25, 0.3) is 0 Å². The maximum absolute atomic E-state index is 10.2. The number of fused-ring (bicyclic) bond motifs is 1. The van der Waals surface area contributed by atoms with E-state index in [9.17, 15) is 5.11 Å². The van der Waals surface area contributed by atoms with Crippen LogP contribution in [0.4, 0.5) is 0 Å². The molecular weight excluding hydrogens is 336 g/mol. The van der Waals surface area contributed by atoms with Crippen LogP contribution in [0.15, 0.2) is 61.2 Å². The molecule has 4 aromatic rings. The highest BCUT2D eigenvalue weighted by molar-refractivity contribution is 5.94. The van der Waals surface area contributed by atoms with Crippen molar-refractivity contribution in [3.8, 4) is 22.6 Å². The van der Waals surface area contributed by atoms with Crippen molar-refractivity contribution in [3.63, 3.8) is 0 Å². The van der Waals surface area contributed by atoms with Crippen LogP contribution in [-0.2, 0) is 12.1 Å². The van der Waals surface area contributed by atoms with Crippen molar-refractivity contribution in [1.29, 1.82) is 0 Å². The van der Waals surface area contributed by atoms with Gasteiger partial charge in [0.05, 0.1) is 11.3 Å². The maximum atomic E-state index is 10.2. The Hall–Kier alpha value is -3.05. The van der Waals surface area contributed by atoms with Crippen molar-refractivity contribution < 1.29 is 5.11 Å². The Kier molecular flexibility index (Phi) is 4.24. The second-order valence-electron chi connectivity index (χ2n) is 7.13. The Morgan fingerprint density at radius 3 is 2.48 bits per heavy atom. The number of hydrogen-bond acceptors (Lipinski definition) is 4. The summed E-state index contributed by atoms with van der Waals surface area (Å²) >= 11 is 0. The van der Waals surface area contributed by atoms with Crippen LogP contribution >= 0.6 is 0 Å². The van der Waals surface area contributed by atoms with E-state index in [1.165, 1.54) is 5.52 Å². The Labute approximate surface area is 158 Å². The van der Waals surface area contributed by atoms with Crippen molar-refractivity contribution in [2.75, 3.05) is 0 Å². The molecule has 3 aromatic heterocycles. The minimum Gasteiger partial charge on any atom is -0.386 e. The molecule has 5 nitrogen and oxygen atoms in total. The van der Waals surface area contributed by atoms with Gasteiger partial charge >= 0.3 is 0 Å². The first-order valence-corrected chi connectivity index (χ1v) is 9.07. The molecule has 0 saturated carbocycles. The van der Waals surface area contributed by atoms with Crippen molar-refractivity contribution in [1.82, 2.24) is 19.5 Å². The number of para-hydroxylation sites is 1. The number of rotatable bonds is 4. The maximum Gasteiger partial charge on any atom is 0.161 e. The van der Waals surface area contributed by atoms with Crippen LogP contribution < -0.4 is 0 Å². The van der Waals surface area contributed by atoms with Crippen molar-refractivity contribution in [2.45, 2.75) is 32.9 Å². The minimum atomic E-state index is -0.916. The molecule has 0 radical (unpaired) electrons. The summed E-state index contributed by atoms with van der Waals surface area (Å²) in [5.41, 5.74) is 3.67. The molecule has 27 heavy (non-hydrogen) atoms.